The highest BCUT2D eigenvalue weighted by atomic mass is 79.9. The summed E-state index contributed by atoms with van der Waals surface area (Å²) in [5.41, 5.74) is 7.54. The van der Waals surface area contributed by atoms with Crippen molar-refractivity contribution in [3.05, 3.63) is 63.7 Å². The molecule has 2 heteroatoms. The second kappa shape index (κ2) is 6.45. The first-order valence-corrected chi connectivity index (χ1v) is 7.98. The lowest BCUT2D eigenvalue weighted by atomic mass is 10.1. The van der Waals surface area contributed by atoms with Gasteiger partial charge in [-0.15, -0.1) is 0 Å². The Balaban J connectivity index is 2.16. The van der Waals surface area contributed by atoms with E-state index in [9.17, 15) is 0 Å². The van der Waals surface area contributed by atoms with Crippen molar-refractivity contribution in [3.8, 4) is 5.75 Å². The molecule has 0 amide bonds. The van der Waals surface area contributed by atoms with Crippen molar-refractivity contribution in [2.75, 3.05) is 0 Å². The van der Waals surface area contributed by atoms with Crippen molar-refractivity contribution >= 4 is 15.9 Å². The van der Waals surface area contributed by atoms with Crippen molar-refractivity contribution in [2.24, 2.45) is 0 Å². The van der Waals surface area contributed by atoms with E-state index in [1.54, 1.807) is 0 Å². The number of alkyl halides is 1. The topological polar surface area (TPSA) is 9.23 Å². The number of halogens is 1. The molecule has 0 fully saturated rings. The molecule has 0 heterocycles. The molecular weight excluding hydrogens is 312 g/mol. The van der Waals surface area contributed by atoms with Gasteiger partial charge >= 0.3 is 0 Å². The molecule has 0 spiro atoms. The molecule has 1 nitrogen and oxygen atoms in total. The molecule has 0 saturated heterocycles. The van der Waals surface area contributed by atoms with Crippen LogP contribution in [0.3, 0.4) is 0 Å². The van der Waals surface area contributed by atoms with Crippen molar-refractivity contribution in [3.63, 3.8) is 0 Å². The van der Waals surface area contributed by atoms with Crippen molar-refractivity contribution in [1.29, 1.82) is 0 Å². The van der Waals surface area contributed by atoms with Gasteiger partial charge in [0.05, 0.1) is 0 Å². The van der Waals surface area contributed by atoms with Crippen molar-refractivity contribution < 1.29 is 4.74 Å². The van der Waals surface area contributed by atoms with Gasteiger partial charge < -0.3 is 4.74 Å². The molecule has 0 aliphatic carbocycles. The van der Waals surface area contributed by atoms with Crippen molar-refractivity contribution in [1.82, 2.24) is 0 Å². The van der Waals surface area contributed by atoms with Crippen LogP contribution in [0.1, 0.15) is 33.4 Å². The number of hydrogen-bond acceptors (Lipinski definition) is 1. The Morgan fingerprint density at radius 1 is 0.800 bits per heavy atom. The van der Waals surface area contributed by atoms with Gasteiger partial charge in [0.2, 0.25) is 0 Å². The Morgan fingerprint density at radius 3 is 1.95 bits per heavy atom. The minimum Gasteiger partial charge on any atom is -0.488 e. The lowest BCUT2D eigenvalue weighted by Crippen LogP contribution is -2.00. The van der Waals surface area contributed by atoms with Crippen LogP contribution < -0.4 is 4.74 Å². The molecule has 0 unspecified atom stereocenters. The van der Waals surface area contributed by atoms with E-state index >= 15 is 0 Å². The highest BCUT2D eigenvalue weighted by Gasteiger charge is 2.07. The molecule has 0 atom stereocenters. The van der Waals surface area contributed by atoms with E-state index in [1.807, 2.05) is 0 Å². The first kappa shape index (κ1) is 15.1. The second-order valence-corrected chi connectivity index (χ2v) is 5.96. The fourth-order valence-electron chi connectivity index (χ4n) is 2.39. The monoisotopic (exact) mass is 332 g/mol. The zero-order valence-electron chi connectivity index (χ0n) is 12.6. The zero-order chi connectivity index (χ0) is 14.7. The van der Waals surface area contributed by atoms with E-state index in [0.29, 0.717) is 6.61 Å². The molecule has 0 aliphatic rings. The summed E-state index contributed by atoms with van der Waals surface area (Å²) >= 11 is 3.50. The number of aryl methyl sites for hydroxylation is 4. The smallest absolute Gasteiger partial charge is 0.125 e. The number of hydrogen-bond donors (Lipinski definition) is 0. The van der Waals surface area contributed by atoms with Crippen LogP contribution in [0.15, 0.2) is 30.3 Å². The summed E-state index contributed by atoms with van der Waals surface area (Å²) in [6.07, 6.45) is 0. The van der Waals surface area contributed by atoms with Crippen molar-refractivity contribution in [2.45, 2.75) is 39.6 Å². The molecule has 2 aromatic carbocycles. The molecule has 0 saturated carbocycles. The maximum absolute atomic E-state index is 6.03. The van der Waals surface area contributed by atoms with E-state index in [0.717, 1.165) is 11.1 Å². The number of rotatable bonds is 4. The predicted molar refractivity (Wildman–Crippen MR) is 88.8 cm³/mol. The van der Waals surface area contributed by atoms with Crippen LogP contribution in [0.2, 0.25) is 0 Å². The van der Waals surface area contributed by atoms with Gasteiger partial charge in [-0.1, -0.05) is 46.3 Å². The maximum atomic E-state index is 6.03. The summed E-state index contributed by atoms with van der Waals surface area (Å²) in [5, 5.41) is 0.881. The Hall–Kier alpha value is -1.28. The first-order valence-electron chi connectivity index (χ1n) is 6.86. The lowest BCUT2D eigenvalue weighted by Gasteiger charge is -2.14. The normalized spacial score (nSPS) is 10.7. The molecule has 0 N–H and O–H groups in total. The van der Waals surface area contributed by atoms with Gasteiger partial charge in [0.1, 0.15) is 12.4 Å². The predicted octanol–water partition coefficient (Wildman–Crippen LogP) is 5.39. The maximum Gasteiger partial charge on any atom is 0.125 e. The molecule has 2 rings (SSSR count). The van der Waals surface area contributed by atoms with Gasteiger partial charge in [-0.05, 0) is 61.1 Å². The Labute approximate surface area is 130 Å². The zero-order valence-corrected chi connectivity index (χ0v) is 14.2. The van der Waals surface area contributed by atoms with Crippen LogP contribution in [0.4, 0.5) is 0 Å². The van der Waals surface area contributed by atoms with Gasteiger partial charge in [-0.3, -0.25) is 0 Å². The molecule has 2 aromatic rings. The average Bonchev–Trinajstić information content (AvgIpc) is 2.41. The van der Waals surface area contributed by atoms with Gasteiger partial charge in [-0.25, -0.2) is 0 Å². The van der Waals surface area contributed by atoms with Crippen LogP contribution in [0.25, 0.3) is 0 Å². The summed E-state index contributed by atoms with van der Waals surface area (Å²) in [6, 6.07) is 10.9. The molecule has 106 valence electrons. The third-order valence-corrected chi connectivity index (χ3v) is 4.28. The molecular formula is C18H21BrO. The van der Waals surface area contributed by atoms with Gasteiger partial charge in [-0.2, -0.15) is 0 Å². The first-order chi connectivity index (χ1) is 9.51. The average molecular weight is 333 g/mol. The van der Waals surface area contributed by atoms with Crippen LogP contribution >= 0.6 is 15.9 Å². The number of benzene rings is 2. The van der Waals surface area contributed by atoms with Gasteiger partial charge in [0, 0.05) is 5.33 Å². The van der Waals surface area contributed by atoms with E-state index in [4.69, 9.17) is 4.74 Å². The summed E-state index contributed by atoms with van der Waals surface area (Å²) < 4.78 is 6.03. The quantitative estimate of drug-likeness (QED) is 0.681. The molecule has 0 aliphatic heterocycles. The lowest BCUT2D eigenvalue weighted by molar-refractivity contribution is 0.302. The van der Waals surface area contributed by atoms with Crippen LogP contribution in [-0.2, 0) is 11.9 Å². The van der Waals surface area contributed by atoms with Crippen LogP contribution in [0, 0.1) is 27.7 Å². The van der Waals surface area contributed by atoms with E-state index < -0.39 is 0 Å². The Kier molecular flexibility index (Phi) is 4.87. The molecule has 20 heavy (non-hydrogen) atoms. The summed E-state index contributed by atoms with van der Waals surface area (Å²) in [5.74, 6) is 1.01. The largest absolute Gasteiger partial charge is 0.488 e. The summed E-state index contributed by atoms with van der Waals surface area (Å²) in [7, 11) is 0. The summed E-state index contributed by atoms with van der Waals surface area (Å²) in [4.78, 5) is 0. The second-order valence-electron chi connectivity index (χ2n) is 5.40. The highest BCUT2D eigenvalue weighted by Crippen LogP contribution is 2.26. The van der Waals surface area contributed by atoms with E-state index in [-0.39, 0.29) is 0 Å². The van der Waals surface area contributed by atoms with E-state index in [2.05, 4.69) is 74.0 Å². The fourth-order valence-corrected chi connectivity index (χ4v) is 2.72. The molecule has 0 bridgehead atoms. The minimum atomic E-state index is 0.621. The Bertz CT molecular complexity index is 594. The fraction of sp³-hybridized carbons (Fsp3) is 0.333. The minimum absolute atomic E-state index is 0.621. The standard InChI is InChI=1S/C18H21BrO/c1-12-5-6-16(7-13(12)2)11-20-18-14(3)8-17(10-19)9-15(18)4/h5-9H,10-11H2,1-4H3. The molecule has 0 radical (unpaired) electrons. The molecule has 0 aromatic heterocycles. The van der Waals surface area contributed by atoms with Crippen LogP contribution in [0.5, 0.6) is 5.75 Å². The SMILES string of the molecule is Cc1ccc(COc2c(C)cc(CBr)cc2C)cc1C. The van der Waals surface area contributed by atoms with Gasteiger partial charge in [0.15, 0.2) is 0 Å². The van der Waals surface area contributed by atoms with Gasteiger partial charge in [0.25, 0.3) is 0 Å². The third-order valence-electron chi connectivity index (χ3n) is 3.63. The summed E-state index contributed by atoms with van der Waals surface area (Å²) in [6.45, 7) is 9.10. The Morgan fingerprint density at radius 2 is 1.40 bits per heavy atom. The van der Waals surface area contributed by atoms with Crippen LogP contribution in [-0.4, -0.2) is 0 Å². The van der Waals surface area contributed by atoms with E-state index in [1.165, 1.54) is 33.4 Å². The third kappa shape index (κ3) is 3.43. The number of ether oxygens (including phenoxy) is 1. The highest BCUT2D eigenvalue weighted by molar-refractivity contribution is 9.08.